The van der Waals surface area contributed by atoms with Crippen molar-refractivity contribution >= 4 is 0 Å². The minimum Gasteiger partial charge on any atom is -0.478 e. The molecule has 0 heterocycles. The third-order valence-corrected chi connectivity index (χ3v) is 3.43. The lowest BCUT2D eigenvalue weighted by atomic mass is 9.78. The second-order valence-corrected chi connectivity index (χ2v) is 4.82. The van der Waals surface area contributed by atoms with Gasteiger partial charge >= 0.3 is 0 Å². The zero-order valence-electron chi connectivity index (χ0n) is 10.2. The SMILES string of the molecule is CC1(NCc2ccccc2OCC#N)CCC1. The maximum Gasteiger partial charge on any atom is 0.174 e. The fraction of sp³-hybridized carbons (Fsp3) is 0.500. The van der Waals surface area contributed by atoms with E-state index in [0.29, 0.717) is 5.54 Å². The fourth-order valence-electron chi connectivity index (χ4n) is 2.09. The van der Waals surface area contributed by atoms with Crippen LogP contribution in [0.1, 0.15) is 31.7 Å². The Hall–Kier alpha value is -1.53. The highest BCUT2D eigenvalue weighted by Crippen LogP contribution is 2.31. The molecule has 3 heteroatoms. The van der Waals surface area contributed by atoms with E-state index in [9.17, 15) is 0 Å². The summed E-state index contributed by atoms with van der Waals surface area (Å²) in [5.41, 5.74) is 1.42. The van der Waals surface area contributed by atoms with Gasteiger partial charge in [-0.1, -0.05) is 18.2 Å². The minimum atomic E-state index is 0.105. The number of ether oxygens (including phenoxy) is 1. The zero-order valence-corrected chi connectivity index (χ0v) is 10.2. The molecule has 3 nitrogen and oxygen atoms in total. The molecule has 0 aromatic heterocycles. The first kappa shape index (κ1) is 11.9. The van der Waals surface area contributed by atoms with Crippen LogP contribution in [0.15, 0.2) is 24.3 Å². The van der Waals surface area contributed by atoms with Crippen LogP contribution in [0, 0.1) is 11.3 Å². The number of nitrogens with zero attached hydrogens (tertiary/aromatic N) is 1. The van der Waals surface area contributed by atoms with Crippen LogP contribution < -0.4 is 10.1 Å². The van der Waals surface area contributed by atoms with Gasteiger partial charge in [0.1, 0.15) is 11.8 Å². The average Bonchev–Trinajstić information content (AvgIpc) is 2.32. The second kappa shape index (κ2) is 5.20. The Labute approximate surface area is 102 Å². The first-order valence-electron chi connectivity index (χ1n) is 6.06. The number of hydrogen-bond donors (Lipinski definition) is 1. The summed E-state index contributed by atoms with van der Waals surface area (Å²) in [7, 11) is 0. The molecular formula is C14H18N2O. The first-order valence-corrected chi connectivity index (χ1v) is 6.06. The van der Waals surface area contributed by atoms with Gasteiger partial charge in [-0.25, -0.2) is 0 Å². The van der Waals surface area contributed by atoms with Gasteiger partial charge in [-0.15, -0.1) is 0 Å². The third-order valence-electron chi connectivity index (χ3n) is 3.43. The van der Waals surface area contributed by atoms with E-state index in [1.165, 1.54) is 19.3 Å². The van der Waals surface area contributed by atoms with Crippen molar-refractivity contribution in [3.05, 3.63) is 29.8 Å². The molecule has 0 amide bonds. The quantitative estimate of drug-likeness (QED) is 0.845. The molecule has 0 bridgehead atoms. The molecule has 1 N–H and O–H groups in total. The van der Waals surface area contributed by atoms with Crippen LogP contribution in [0.4, 0.5) is 0 Å². The molecule has 0 radical (unpaired) electrons. The number of nitriles is 1. The Morgan fingerprint density at radius 2 is 2.18 bits per heavy atom. The molecule has 1 aromatic rings. The van der Waals surface area contributed by atoms with Gasteiger partial charge in [0.2, 0.25) is 0 Å². The number of benzene rings is 1. The number of para-hydroxylation sites is 1. The van der Waals surface area contributed by atoms with Crippen molar-refractivity contribution in [3.63, 3.8) is 0 Å². The van der Waals surface area contributed by atoms with Gasteiger partial charge in [-0.05, 0) is 32.3 Å². The van der Waals surface area contributed by atoms with Crippen LogP contribution in [-0.4, -0.2) is 12.1 Å². The summed E-state index contributed by atoms with van der Waals surface area (Å²) < 4.78 is 5.40. The van der Waals surface area contributed by atoms with Gasteiger partial charge in [0, 0.05) is 17.6 Å². The van der Waals surface area contributed by atoms with Crippen LogP contribution in [0.5, 0.6) is 5.75 Å². The normalized spacial score (nSPS) is 16.9. The number of rotatable bonds is 5. The predicted molar refractivity (Wildman–Crippen MR) is 66.6 cm³/mol. The maximum absolute atomic E-state index is 8.53. The van der Waals surface area contributed by atoms with Gasteiger partial charge in [-0.3, -0.25) is 0 Å². The first-order chi connectivity index (χ1) is 8.23. The summed E-state index contributed by atoms with van der Waals surface area (Å²) in [6.07, 6.45) is 3.80. The van der Waals surface area contributed by atoms with Gasteiger partial charge in [-0.2, -0.15) is 5.26 Å². The lowest BCUT2D eigenvalue weighted by Gasteiger charge is -2.39. The van der Waals surface area contributed by atoms with Crippen molar-refractivity contribution in [1.82, 2.24) is 5.32 Å². The Bertz CT molecular complexity index is 418. The van der Waals surface area contributed by atoms with Gasteiger partial charge in [0.15, 0.2) is 6.61 Å². The van der Waals surface area contributed by atoms with Crippen molar-refractivity contribution in [3.8, 4) is 11.8 Å². The Balaban J connectivity index is 1.97. The van der Waals surface area contributed by atoms with Crippen LogP contribution >= 0.6 is 0 Å². The largest absolute Gasteiger partial charge is 0.478 e. The van der Waals surface area contributed by atoms with Crippen LogP contribution in [-0.2, 0) is 6.54 Å². The summed E-state index contributed by atoms with van der Waals surface area (Å²) >= 11 is 0. The van der Waals surface area contributed by atoms with Gasteiger partial charge in [0.25, 0.3) is 0 Å². The standard InChI is InChI=1S/C14H18N2O/c1-14(7-4-8-14)16-11-12-5-2-3-6-13(12)17-10-9-15/h2-3,5-6,16H,4,7-8,10-11H2,1H3. The predicted octanol–water partition coefficient (Wildman–Crippen LogP) is 2.62. The van der Waals surface area contributed by atoms with E-state index in [0.717, 1.165) is 17.9 Å². The molecule has 1 aliphatic carbocycles. The van der Waals surface area contributed by atoms with E-state index < -0.39 is 0 Å². The van der Waals surface area contributed by atoms with Crippen LogP contribution in [0.3, 0.4) is 0 Å². The van der Waals surface area contributed by atoms with Crippen LogP contribution in [0.25, 0.3) is 0 Å². The highest BCUT2D eigenvalue weighted by atomic mass is 16.5. The monoisotopic (exact) mass is 230 g/mol. The van der Waals surface area contributed by atoms with Crippen molar-refractivity contribution in [2.24, 2.45) is 0 Å². The highest BCUT2D eigenvalue weighted by Gasteiger charge is 2.30. The third kappa shape index (κ3) is 2.98. The van der Waals surface area contributed by atoms with Crippen LogP contribution in [0.2, 0.25) is 0 Å². The lowest BCUT2D eigenvalue weighted by molar-refractivity contribution is 0.206. The Morgan fingerprint density at radius 1 is 1.41 bits per heavy atom. The molecule has 17 heavy (non-hydrogen) atoms. The summed E-state index contributed by atoms with van der Waals surface area (Å²) in [6, 6.07) is 9.88. The fourth-order valence-corrected chi connectivity index (χ4v) is 2.09. The Kier molecular flexibility index (Phi) is 3.65. The van der Waals surface area contributed by atoms with E-state index in [2.05, 4.69) is 12.2 Å². The minimum absolute atomic E-state index is 0.105. The van der Waals surface area contributed by atoms with Crippen molar-refractivity contribution in [2.45, 2.75) is 38.3 Å². The Morgan fingerprint density at radius 3 is 2.82 bits per heavy atom. The molecule has 90 valence electrons. The zero-order chi connectivity index (χ0) is 12.1. The second-order valence-electron chi connectivity index (χ2n) is 4.82. The van der Waals surface area contributed by atoms with Crippen molar-refractivity contribution in [2.75, 3.05) is 6.61 Å². The molecule has 1 aromatic carbocycles. The summed E-state index contributed by atoms with van der Waals surface area (Å²) in [6.45, 7) is 3.17. The van der Waals surface area contributed by atoms with E-state index in [4.69, 9.17) is 10.00 Å². The van der Waals surface area contributed by atoms with Gasteiger partial charge < -0.3 is 10.1 Å². The van der Waals surface area contributed by atoms with Gasteiger partial charge in [0.05, 0.1) is 0 Å². The van der Waals surface area contributed by atoms with E-state index in [1.54, 1.807) is 0 Å². The molecule has 1 aliphatic rings. The molecule has 1 saturated carbocycles. The molecule has 2 rings (SSSR count). The number of hydrogen-bond acceptors (Lipinski definition) is 3. The number of nitrogens with one attached hydrogen (secondary N) is 1. The van der Waals surface area contributed by atoms with E-state index >= 15 is 0 Å². The smallest absolute Gasteiger partial charge is 0.174 e. The van der Waals surface area contributed by atoms with E-state index in [1.807, 2.05) is 30.3 Å². The van der Waals surface area contributed by atoms with Crippen molar-refractivity contribution in [1.29, 1.82) is 5.26 Å². The molecule has 1 fully saturated rings. The molecular weight excluding hydrogens is 212 g/mol. The summed E-state index contributed by atoms with van der Waals surface area (Å²) in [5, 5.41) is 12.1. The molecule has 0 atom stereocenters. The topological polar surface area (TPSA) is 45.0 Å². The summed E-state index contributed by atoms with van der Waals surface area (Å²) in [5.74, 6) is 0.810. The molecule has 0 aliphatic heterocycles. The molecule has 0 spiro atoms. The molecule has 0 unspecified atom stereocenters. The van der Waals surface area contributed by atoms with Crippen molar-refractivity contribution < 1.29 is 4.74 Å². The average molecular weight is 230 g/mol. The highest BCUT2D eigenvalue weighted by molar-refractivity contribution is 5.33. The lowest BCUT2D eigenvalue weighted by Crippen LogP contribution is -2.47. The molecule has 0 saturated heterocycles. The maximum atomic E-state index is 8.53. The van der Waals surface area contributed by atoms with E-state index in [-0.39, 0.29) is 6.61 Å². The summed E-state index contributed by atoms with van der Waals surface area (Å²) in [4.78, 5) is 0.